The Hall–Kier alpha value is -1.43. The van der Waals surface area contributed by atoms with E-state index in [1.165, 1.54) is 12.8 Å². The van der Waals surface area contributed by atoms with Gasteiger partial charge in [-0.3, -0.25) is 15.7 Å². The van der Waals surface area contributed by atoms with E-state index >= 15 is 0 Å². The summed E-state index contributed by atoms with van der Waals surface area (Å²) in [5.74, 6) is 1.50. The third-order valence-corrected chi connectivity index (χ3v) is 3.16. The summed E-state index contributed by atoms with van der Waals surface area (Å²) in [5, 5.41) is 12.4. The highest BCUT2D eigenvalue weighted by atomic mass is 16.5. The van der Waals surface area contributed by atoms with Gasteiger partial charge in [0.25, 0.3) is 0 Å². The zero-order valence-corrected chi connectivity index (χ0v) is 9.96. The summed E-state index contributed by atoms with van der Waals surface area (Å²) in [6.45, 7) is 1.82. The van der Waals surface area contributed by atoms with Crippen molar-refractivity contribution in [1.29, 1.82) is 0 Å². The van der Waals surface area contributed by atoms with Crippen LogP contribution in [0.25, 0.3) is 0 Å². The molecule has 1 aromatic rings. The molecule has 6 heteroatoms. The van der Waals surface area contributed by atoms with E-state index in [9.17, 15) is 0 Å². The molecule has 2 N–H and O–H groups in total. The molecular formula is C11H18N4O2. The van der Waals surface area contributed by atoms with Gasteiger partial charge >= 0.3 is 0 Å². The fourth-order valence-electron chi connectivity index (χ4n) is 2.35. The second kappa shape index (κ2) is 5.77. The first-order valence-corrected chi connectivity index (χ1v) is 6.02. The fourth-order valence-corrected chi connectivity index (χ4v) is 2.35. The number of nitrogens with zero attached hydrogens (tertiary/aromatic N) is 3. The molecule has 1 aliphatic carbocycles. The van der Waals surface area contributed by atoms with E-state index < -0.39 is 0 Å². The van der Waals surface area contributed by atoms with Gasteiger partial charge in [0.2, 0.25) is 5.89 Å². The average molecular weight is 238 g/mol. The van der Waals surface area contributed by atoms with Crippen LogP contribution < -0.4 is 5.48 Å². The predicted octanol–water partition coefficient (Wildman–Crippen LogP) is 1.80. The van der Waals surface area contributed by atoms with Crippen LogP contribution in [0.15, 0.2) is 9.52 Å². The lowest BCUT2D eigenvalue weighted by atomic mass is 9.95. The van der Waals surface area contributed by atoms with Gasteiger partial charge in [-0.2, -0.15) is 4.98 Å². The standard InChI is InChI=1S/C11H18N4O2/c1-8-14-11(17-15-8)9-5-3-2-4-6-10(9)12-7-13-16/h7,9-10,16H,2-6H2,1H3,(H,12,13). The van der Waals surface area contributed by atoms with Crippen LogP contribution in [-0.2, 0) is 0 Å². The second-order valence-corrected chi connectivity index (χ2v) is 4.40. The molecule has 1 aromatic heterocycles. The highest BCUT2D eigenvalue weighted by molar-refractivity contribution is 5.52. The zero-order valence-electron chi connectivity index (χ0n) is 9.96. The number of nitrogens with one attached hydrogen (secondary N) is 1. The molecule has 1 aliphatic rings. The Kier molecular flexibility index (Phi) is 4.08. The summed E-state index contributed by atoms with van der Waals surface area (Å²) in [7, 11) is 0. The van der Waals surface area contributed by atoms with Crippen molar-refractivity contribution in [2.45, 2.75) is 51.0 Å². The van der Waals surface area contributed by atoms with E-state index in [1.54, 1.807) is 0 Å². The van der Waals surface area contributed by atoms with E-state index in [2.05, 4.69) is 15.1 Å². The van der Waals surface area contributed by atoms with Crippen molar-refractivity contribution in [3.63, 3.8) is 0 Å². The monoisotopic (exact) mass is 238 g/mol. The first kappa shape index (κ1) is 12.0. The molecule has 0 bridgehead atoms. The molecule has 6 nitrogen and oxygen atoms in total. The highest BCUT2D eigenvalue weighted by Gasteiger charge is 2.28. The highest BCUT2D eigenvalue weighted by Crippen LogP contribution is 2.32. The van der Waals surface area contributed by atoms with Crippen molar-refractivity contribution < 1.29 is 9.73 Å². The Balaban J connectivity index is 2.16. The topological polar surface area (TPSA) is 83.5 Å². The maximum Gasteiger partial charge on any atom is 0.231 e. The van der Waals surface area contributed by atoms with Gasteiger partial charge in [-0.25, -0.2) is 0 Å². The van der Waals surface area contributed by atoms with Crippen LogP contribution in [0.3, 0.4) is 0 Å². The number of aliphatic imine (C=N–C) groups is 1. The molecule has 94 valence electrons. The van der Waals surface area contributed by atoms with Crippen molar-refractivity contribution in [3.8, 4) is 0 Å². The van der Waals surface area contributed by atoms with Gasteiger partial charge in [0.15, 0.2) is 5.82 Å². The Bertz CT molecular complexity index is 377. The summed E-state index contributed by atoms with van der Waals surface area (Å²) in [6.07, 6.45) is 6.84. The minimum absolute atomic E-state index is 0.108. The lowest BCUT2D eigenvalue weighted by Crippen LogP contribution is -2.18. The molecule has 1 heterocycles. The molecule has 1 saturated carbocycles. The van der Waals surface area contributed by atoms with Gasteiger partial charge in [-0.15, -0.1) is 0 Å². The van der Waals surface area contributed by atoms with Crippen molar-refractivity contribution >= 4 is 6.34 Å². The Morgan fingerprint density at radius 2 is 2.24 bits per heavy atom. The van der Waals surface area contributed by atoms with Gasteiger partial charge in [0.1, 0.15) is 6.34 Å². The summed E-state index contributed by atoms with van der Waals surface area (Å²) < 4.78 is 5.25. The predicted molar refractivity (Wildman–Crippen MR) is 62.1 cm³/mol. The van der Waals surface area contributed by atoms with Gasteiger partial charge < -0.3 is 4.52 Å². The quantitative estimate of drug-likeness (QED) is 0.363. The second-order valence-electron chi connectivity index (χ2n) is 4.40. The van der Waals surface area contributed by atoms with E-state index in [4.69, 9.17) is 9.73 Å². The Morgan fingerprint density at radius 1 is 1.41 bits per heavy atom. The number of hydrogen-bond acceptors (Lipinski definition) is 5. The van der Waals surface area contributed by atoms with E-state index in [1.807, 2.05) is 12.4 Å². The Labute approximate surface area is 100 Å². The first-order chi connectivity index (χ1) is 8.31. The third kappa shape index (κ3) is 3.03. The maximum absolute atomic E-state index is 8.58. The molecular weight excluding hydrogens is 220 g/mol. The number of hydrogen-bond donors (Lipinski definition) is 2. The van der Waals surface area contributed by atoms with Crippen molar-refractivity contribution in [3.05, 3.63) is 11.7 Å². The molecule has 2 atom stereocenters. The molecule has 0 radical (unpaired) electrons. The first-order valence-electron chi connectivity index (χ1n) is 6.02. The number of hydroxylamine groups is 1. The van der Waals surface area contributed by atoms with Gasteiger partial charge in [-0.1, -0.05) is 24.4 Å². The van der Waals surface area contributed by atoms with Crippen molar-refractivity contribution in [2.75, 3.05) is 0 Å². The molecule has 2 unspecified atom stereocenters. The van der Waals surface area contributed by atoms with E-state index in [0.29, 0.717) is 11.7 Å². The maximum atomic E-state index is 8.58. The van der Waals surface area contributed by atoms with Crippen LogP contribution in [-0.4, -0.2) is 27.7 Å². The van der Waals surface area contributed by atoms with E-state index in [0.717, 1.165) is 25.7 Å². The van der Waals surface area contributed by atoms with Crippen LogP contribution in [0.4, 0.5) is 0 Å². The van der Waals surface area contributed by atoms with Crippen molar-refractivity contribution in [2.24, 2.45) is 4.99 Å². The fraction of sp³-hybridized carbons (Fsp3) is 0.727. The molecule has 1 fully saturated rings. The number of aromatic nitrogens is 2. The third-order valence-electron chi connectivity index (χ3n) is 3.16. The van der Waals surface area contributed by atoms with Crippen LogP contribution in [0.5, 0.6) is 0 Å². The largest absolute Gasteiger partial charge is 0.339 e. The van der Waals surface area contributed by atoms with Crippen LogP contribution in [0, 0.1) is 6.92 Å². The van der Waals surface area contributed by atoms with Gasteiger partial charge in [-0.05, 0) is 19.8 Å². The van der Waals surface area contributed by atoms with Crippen LogP contribution in [0.1, 0.15) is 49.7 Å². The normalized spacial score (nSPS) is 26.0. The molecule has 0 spiro atoms. The molecule has 0 aliphatic heterocycles. The van der Waals surface area contributed by atoms with Gasteiger partial charge in [0, 0.05) is 0 Å². The summed E-state index contributed by atoms with van der Waals surface area (Å²) in [4.78, 5) is 8.61. The summed E-state index contributed by atoms with van der Waals surface area (Å²) >= 11 is 0. The summed E-state index contributed by atoms with van der Waals surface area (Å²) in [5.41, 5.74) is 1.95. The SMILES string of the molecule is Cc1noc(C2CCCCCC2N=CNO)n1. The minimum atomic E-state index is 0.108. The average Bonchev–Trinajstić information content (AvgIpc) is 2.63. The molecule has 0 amide bonds. The van der Waals surface area contributed by atoms with Crippen molar-refractivity contribution in [1.82, 2.24) is 15.6 Å². The Morgan fingerprint density at radius 3 is 2.94 bits per heavy atom. The number of rotatable bonds is 3. The smallest absolute Gasteiger partial charge is 0.231 e. The zero-order chi connectivity index (χ0) is 12.1. The lowest BCUT2D eigenvalue weighted by Gasteiger charge is -2.17. The van der Waals surface area contributed by atoms with E-state index in [-0.39, 0.29) is 12.0 Å². The minimum Gasteiger partial charge on any atom is -0.339 e. The number of aryl methyl sites for hydroxylation is 1. The molecule has 0 saturated heterocycles. The van der Waals surface area contributed by atoms with Crippen LogP contribution in [0.2, 0.25) is 0 Å². The molecule has 17 heavy (non-hydrogen) atoms. The summed E-state index contributed by atoms with van der Waals surface area (Å²) in [6, 6.07) is 0.108. The van der Waals surface area contributed by atoms with Gasteiger partial charge in [0.05, 0.1) is 12.0 Å². The van der Waals surface area contributed by atoms with Crippen LogP contribution >= 0.6 is 0 Å². The molecule has 0 aromatic carbocycles. The molecule has 2 rings (SSSR count). The lowest BCUT2D eigenvalue weighted by molar-refractivity contribution is 0.238.